The topological polar surface area (TPSA) is 144 Å². The highest BCUT2D eigenvalue weighted by atomic mass is 32.3. The molecule has 9 nitrogen and oxygen atoms in total. The van der Waals surface area contributed by atoms with Gasteiger partial charge in [-0.2, -0.15) is 0 Å². The van der Waals surface area contributed by atoms with Gasteiger partial charge in [-0.25, -0.2) is 4.21 Å². The molecule has 0 spiro atoms. The summed E-state index contributed by atoms with van der Waals surface area (Å²) in [6.45, 7) is 0. The van der Waals surface area contributed by atoms with Crippen LogP contribution in [0.15, 0.2) is 58.3 Å². The van der Waals surface area contributed by atoms with Crippen LogP contribution in [0, 0.1) is 20.2 Å². The van der Waals surface area contributed by atoms with Crippen LogP contribution < -0.4 is 0 Å². The smallest absolute Gasteiger partial charge is 0.269 e. The minimum atomic E-state index is -5.47. The second kappa shape index (κ2) is 4.94. The van der Waals surface area contributed by atoms with Crippen molar-refractivity contribution in [2.24, 2.45) is 0 Å². The van der Waals surface area contributed by atoms with Crippen LogP contribution in [0.25, 0.3) is 0 Å². The van der Waals surface area contributed by atoms with E-state index in [1.54, 1.807) is 0 Å². The summed E-state index contributed by atoms with van der Waals surface area (Å²) in [5.74, 6) is 0. The molecule has 0 fully saturated rings. The van der Waals surface area contributed by atoms with Crippen molar-refractivity contribution < 1.29 is 23.2 Å². The van der Waals surface area contributed by atoms with Gasteiger partial charge in [0.1, 0.15) is 9.63 Å². The molecule has 0 saturated carbocycles. The molecule has 0 amide bonds. The molecule has 22 heavy (non-hydrogen) atoms. The lowest BCUT2D eigenvalue weighted by Gasteiger charge is -2.30. The number of nitro groups is 2. The SMILES string of the molecule is O=[N+]([O-])c1ccc(S(=O)(O)(O)c2ccc([N+](=O)[O-])cc2)cc1. The van der Waals surface area contributed by atoms with E-state index in [-0.39, 0.29) is 11.4 Å². The molecule has 0 bridgehead atoms. The monoisotopic (exact) mass is 326 g/mol. The highest BCUT2D eigenvalue weighted by Crippen LogP contribution is 2.38. The van der Waals surface area contributed by atoms with Crippen LogP contribution in [0.2, 0.25) is 0 Å². The Kier molecular flexibility index (Phi) is 3.53. The molecule has 116 valence electrons. The van der Waals surface area contributed by atoms with Crippen LogP contribution >= 0.6 is 0 Å². The lowest BCUT2D eigenvalue weighted by Crippen LogP contribution is -2.31. The van der Waals surface area contributed by atoms with E-state index >= 15 is 0 Å². The predicted octanol–water partition coefficient (Wildman–Crippen LogP) is 2.69. The summed E-state index contributed by atoms with van der Waals surface area (Å²) in [5.41, 5.74) is -0.619. The normalized spacial score (nSPS) is 13.1. The van der Waals surface area contributed by atoms with E-state index in [9.17, 15) is 33.5 Å². The average molecular weight is 326 g/mol. The third-order valence-corrected chi connectivity index (χ3v) is 5.19. The Morgan fingerprint density at radius 3 is 1.23 bits per heavy atom. The van der Waals surface area contributed by atoms with E-state index in [4.69, 9.17) is 0 Å². The molecular weight excluding hydrogens is 316 g/mol. The van der Waals surface area contributed by atoms with Crippen molar-refractivity contribution in [2.45, 2.75) is 9.79 Å². The number of benzene rings is 2. The van der Waals surface area contributed by atoms with Crippen LogP contribution in [-0.2, 0) is 9.63 Å². The first-order valence-electron chi connectivity index (χ1n) is 5.76. The highest BCUT2D eigenvalue weighted by molar-refractivity contribution is 8.10. The molecule has 10 heteroatoms. The number of nitro benzene ring substituents is 2. The summed E-state index contributed by atoms with van der Waals surface area (Å²) >= 11 is 0. The lowest BCUT2D eigenvalue weighted by atomic mass is 10.3. The molecule has 0 aliphatic rings. The Morgan fingerprint density at radius 2 is 1.00 bits per heavy atom. The second-order valence-electron chi connectivity index (χ2n) is 4.37. The Hall–Kier alpha value is -2.69. The van der Waals surface area contributed by atoms with Crippen molar-refractivity contribution in [2.75, 3.05) is 0 Å². The molecular formula is C12H10N2O7S. The number of rotatable bonds is 4. The Morgan fingerprint density at radius 1 is 0.727 bits per heavy atom. The summed E-state index contributed by atoms with van der Waals surface area (Å²) in [5, 5.41) is 21.1. The number of nitrogens with zero attached hydrogens (tertiary/aromatic N) is 2. The van der Waals surface area contributed by atoms with Gasteiger partial charge in [-0.15, -0.1) is 0 Å². The first-order valence-corrected chi connectivity index (χ1v) is 7.64. The molecule has 2 rings (SSSR count). The molecule has 0 heterocycles. The fourth-order valence-corrected chi connectivity index (χ4v) is 3.29. The van der Waals surface area contributed by atoms with E-state index in [2.05, 4.69) is 0 Å². The zero-order chi connectivity index (χ0) is 16.6. The summed E-state index contributed by atoms with van der Waals surface area (Å²) in [6.07, 6.45) is 0. The Bertz CT molecular complexity index is 745. The molecule has 0 radical (unpaired) electrons. The van der Waals surface area contributed by atoms with Gasteiger partial charge in [-0.05, 0) is 24.3 Å². The van der Waals surface area contributed by atoms with Crippen molar-refractivity contribution in [3.8, 4) is 0 Å². The van der Waals surface area contributed by atoms with Gasteiger partial charge in [0.2, 0.25) is 0 Å². The standard InChI is InChI=1S/C12H10N2O7S/c15-13(16)9-1-5-11(6-2-9)22(19,20,21)12-7-3-10(4-8-12)14(17)18/h1-8H,(H2,19,20,21). The maximum atomic E-state index is 12.5. The van der Waals surface area contributed by atoms with Crippen LogP contribution in [-0.4, -0.2) is 23.2 Å². The van der Waals surface area contributed by atoms with Gasteiger partial charge in [0.05, 0.1) is 19.6 Å². The molecule has 0 atom stereocenters. The van der Waals surface area contributed by atoms with Crippen LogP contribution in [0.3, 0.4) is 0 Å². The van der Waals surface area contributed by atoms with Crippen LogP contribution in [0.1, 0.15) is 0 Å². The molecule has 0 saturated heterocycles. The number of hydrogen-bond donors (Lipinski definition) is 2. The van der Waals surface area contributed by atoms with Crippen molar-refractivity contribution >= 4 is 21.0 Å². The van der Waals surface area contributed by atoms with Gasteiger partial charge in [0, 0.05) is 24.3 Å². The second-order valence-corrected chi connectivity index (χ2v) is 7.04. The van der Waals surface area contributed by atoms with Crippen molar-refractivity contribution in [3.63, 3.8) is 0 Å². The molecule has 2 N–H and O–H groups in total. The largest absolute Gasteiger partial charge is 0.301 e. The zero-order valence-corrected chi connectivity index (χ0v) is 11.7. The number of hydrogen-bond acceptors (Lipinski definition) is 5. The average Bonchev–Trinajstić information content (AvgIpc) is 2.47. The van der Waals surface area contributed by atoms with Gasteiger partial charge in [-0.1, -0.05) is 0 Å². The Balaban J connectivity index is 2.51. The van der Waals surface area contributed by atoms with Gasteiger partial charge >= 0.3 is 0 Å². The Labute approximate surface area is 123 Å². The van der Waals surface area contributed by atoms with E-state index in [1.807, 2.05) is 0 Å². The fourth-order valence-electron chi connectivity index (χ4n) is 1.76. The van der Waals surface area contributed by atoms with Crippen LogP contribution in [0.4, 0.5) is 11.4 Å². The van der Waals surface area contributed by atoms with Crippen molar-refractivity contribution in [3.05, 3.63) is 68.8 Å². The summed E-state index contributed by atoms with van der Waals surface area (Å²) < 4.78 is 32.8. The van der Waals surface area contributed by atoms with E-state index < -0.39 is 29.3 Å². The molecule has 0 unspecified atom stereocenters. The van der Waals surface area contributed by atoms with E-state index in [0.29, 0.717) is 0 Å². The summed E-state index contributed by atoms with van der Waals surface area (Å²) in [7, 11) is -5.47. The van der Waals surface area contributed by atoms with Crippen molar-refractivity contribution in [1.82, 2.24) is 0 Å². The summed E-state index contributed by atoms with van der Waals surface area (Å²) in [4.78, 5) is 18.8. The van der Waals surface area contributed by atoms with Gasteiger partial charge in [0.15, 0.2) is 0 Å². The lowest BCUT2D eigenvalue weighted by molar-refractivity contribution is -0.385. The number of non-ortho nitro benzene ring substituents is 2. The van der Waals surface area contributed by atoms with Crippen LogP contribution in [0.5, 0.6) is 0 Å². The third kappa shape index (κ3) is 2.70. The maximum Gasteiger partial charge on any atom is 0.269 e. The third-order valence-electron chi connectivity index (χ3n) is 2.94. The molecule has 0 aliphatic carbocycles. The molecule has 2 aromatic rings. The predicted molar refractivity (Wildman–Crippen MR) is 76.1 cm³/mol. The molecule has 0 aromatic heterocycles. The molecule has 0 aliphatic heterocycles. The first kappa shape index (κ1) is 15.7. The van der Waals surface area contributed by atoms with Gasteiger partial charge < -0.3 is 9.11 Å². The fraction of sp³-hybridized carbons (Fsp3) is 0. The summed E-state index contributed by atoms with van der Waals surface area (Å²) in [6, 6.07) is 7.70. The first-order chi connectivity index (χ1) is 10.1. The van der Waals surface area contributed by atoms with E-state index in [0.717, 1.165) is 48.5 Å². The minimum absolute atomic E-state index is 0.310. The minimum Gasteiger partial charge on any atom is -0.301 e. The van der Waals surface area contributed by atoms with Gasteiger partial charge in [-0.3, -0.25) is 20.2 Å². The van der Waals surface area contributed by atoms with Gasteiger partial charge in [0.25, 0.3) is 11.4 Å². The van der Waals surface area contributed by atoms with E-state index in [1.165, 1.54) is 0 Å². The molecule has 2 aromatic carbocycles. The highest BCUT2D eigenvalue weighted by Gasteiger charge is 2.36. The quantitative estimate of drug-likeness (QED) is 0.649. The zero-order valence-electron chi connectivity index (χ0n) is 10.9. The van der Waals surface area contributed by atoms with Crippen molar-refractivity contribution in [1.29, 1.82) is 0 Å². The maximum absolute atomic E-state index is 12.5.